The molecule has 76 valence electrons. The molecule has 1 atom stereocenters. The van der Waals surface area contributed by atoms with Crippen LogP contribution in [0, 0.1) is 5.92 Å². The van der Waals surface area contributed by atoms with Gasteiger partial charge in [0.25, 0.3) is 0 Å². The van der Waals surface area contributed by atoms with Gasteiger partial charge in [0.1, 0.15) is 0 Å². The van der Waals surface area contributed by atoms with Gasteiger partial charge in [0.2, 0.25) is 5.91 Å². The predicted octanol–water partition coefficient (Wildman–Crippen LogP) is 0.635. The summed E-state index contributed by atoms with van der Waals surface area (Å²) < 4.78 is 0. The van der Waals surface area contributed by atoms with E-state index in [1.807, 2.05) is 11.8 Å². The van der Waals surface area contributed by atoms with Gasteiger partial charge in [-0.2, -0.15) is 0 Å². The van der Waals surface area contributed by atoms with Gasteiger partial charge in [-0.05, 0) is 7.05 Å². The highest BCUT2D eigenvalue weighted by molar-refractivity contribution is 6.19. The number of carbonyl (C=O) groups excluding carboxylic acids is 1. The molecule has 0 bridgehead atoms. The Bertz CT molecular complexity index is 178. The van der Waals surface area contributed by atoms with Crippen molar-refractivity contribution in [3.63, 3.8) is 0 Å². The number of likely N-dealkylation sites (N-methyl/N-ethyl adjacent to an activating group) is 1. The van der Waals surface area contributed by atoms with Crippen molar-refractivity contribution in [1.29, 1.82) is 0 Å². The number of halogens is 1. The summed E-state index contributed by atoms with van der Waals surface area (Å²) in [5.41, 5.74) is 0. The lowest BCUT2D eigenvalue weighted by Gasteiger charge is -2.33. The van der Waals surface area contributed by atoms with Crippen molar-refractivity contribution in [2.24, 2.45) is 5.92 Å². The molecule has 4 heteroatoms. The zero-order chi connectivity index (χ0) is 9.84. The number of amides is 1. The molecule has 0 saturated carbocycles. The van der Waals surface area contributed by atoms with Crippen LogP contribution in [-0.2, 0) is 4.79 Å². The second kappa shape index (κ2) is 4.82. The first-order valence-electron chi connectivity index (χ1n) is 4.68. The van der Waals surface area contributed by atoms with Crippen LogP contribution in [-0.4, -0.2) is 54.8 Å². The number of hydrogen-bond acceptors (Lipinski definition) is 2. The lowest BCUT2D eigenvalue weighted by Crippen LogP contribution is -2.48. The standard InChI is InChI=1S/C9H17ClN2O/c1-8(7-10)9(13)12-5-3-11(2)4-6-12/h8H,3-7H2,1-2H3. The molecule has 0 aromatic heterocycles. The van der Waals surface area contributed by atoms with Crippen molar-refractivity contribution in [2.45, 2.75) is 6.92 Å². The monoisotopic (exact) mass is 204 g/mol. The Morgan fingerprint density at radius 1 is 1.38 bits per heavy atom. The first-order chi connectivity index (χ1) is 6.15. The van der Waals surface area contributed by atoms with Crippen LogP contribution >= 0.6 is 11.6 Å². The van der Waals surface area contributed by atoms with Crippen molar-refractivity contribution >= 4 is 17.5 Å². The van der Waals surface area contributed by atoms with E-state index in [0.717, 1.165) is 26.2 Å². The van der Waals surface area contributed by atoms with Crippen LogP contribution in [0.1, 0.15) is 6.92 Å². The van der Waals surface area contributed by atoms with E-state index in [-0.39, 0.29) is 11.8 Å². The number of nitrogens with zero attached hydrogens (tertiary/aromatic N) is 2. The van der Waals surface area contributed by atoms with E-state index in [9.17, 15) is 4.79 Å². The molecule has 0 radical (unpaired) electrons. The highest BCUT2D eigenvalue weighted by atomic mass is 35.5. The number of carbonyl (C=O) groups is 1. The maximum Gasteiger partial charge on any atom is 0.226 e. The van der Waals surface area contributed by atoms with Crippen LogP contribution < -0.4 is 0 Å². The summed E-state index contributed by atoms with van der Waals surface area (Å²) in [4.78, 5) is 15.8. The van der Waals surface area contributed by atoms with E-state index >= 15 is 0 Å². The van der Waals surface area contributed by atoms with Crippen molar-refractivity contribution < 1.29 is 4.79 Å². The fourth-order valence-corrected chi connectivity index (χ4v) is 1.54. The molecular formula is C9H17ClN2O. The fourth-order valence-electron chi connectivity index (χ4n) is 1.40. The van der Waals surface area contributed by atoms with Crippen LogP contribution in [0.2, 0.25) is 0 Å². The summed E-state index contributed by atoms with van der Waals surface area (Å²) in [5.74, 6) is 0.582. The summed E-state index contributed by atoms with van der Waals surface area (Å²) in [6.07, 6.45) is 0. The summed E-state index contributed by atoms with van der Waals surface area (Å²) in [6.45, 7) is 5.52. The molecule has 0 aromatic rings. The molecule has 13 heavy (non-hydrogen) atoms. The molecule has 3 nitrogen and oxygen atoms in total. The normalized spacial score (nSPS) is 21.6. The molecule has 1 fully saturated rings. The lowest BCUT2D eigenvalue weighted by molar-refractivity contribution is -0.135. The van der Waals surface area contributed by atoms with Gasteiger partial charge in [0, 0.05) is 38.0 Å². The molecule has 1 unspecified atom stereocenters. The minimum atomic E-state index is -0.0370. The molecule has 1 aliphatic heterocycles. The predicted molar refractivity (Wildman–Crippen MR) is 54.0 cm³/mol. The van der Waals surface area contributed by atoms with Gasteiger partial charge in [0.05, 0.1) is 0 Å². The van der Waals surface area contributed by atoms with Crippen LogP contribution in [0.15, 0.2) is 0 Å². The number of alkyl halides is 1. The Labute approximate surface area is 84.6 Å². The largest absolute Gasteiger partial charge is 0.340 e. The number of piperazine rings is 1. The van der Waals surface area contributed by atoms with Gasteiger partial charge in [-0.3, -0.25) is 4.79 Å². The molecule has 1 amide bonds. The van der Waals surface area contributed by atoms with Crippen LogP contribution in [0.5, 0.6) is 0 Å². The molecule has 1 aliphatic rings. The SMILES string of the molecule is CC(CCl)C(=O)N1CCN(C)CC1. The summed E-state index contributed by atoms with van der Waals surface area (Å²) in [6, 6.07) is 0. The highest BCUT2D eigenvalue weighted by Crippen LogP contribution is 2.07. The van der Waals surface area contributed by atoms with E-state index in [4.69, 9.17) is 11.6 Å². The first-order valence-corrected chi connectivity index (χ1v) is 5.22. The number of hydrogen-bond donors (Lipinski definition) is 0. The Hall–Kier alpha value is -0.280. The summed E-state index contributed by atoms with van der Waals surface area (Å²) in [7, 11) is 2.08. The minimum Gasteiger partial charge on any atom is -0.340 e. The summed E-state index contributed by atoms with van der Waals surface area (Å²) >= 11 is 5.64. The third kappa shape index (κ3) is 2.85. The molecule has 0 aromatic carbocycles. The van der Waals surface area contributed by atoms with Crippen molar-refractivity contribution in [3.05, 3.63) is 0 Å². The van der Waals surface area contributed by atoms with Crippen LogP contribution in [0.3, 0.4) is 0 Å². The maximum atomic E-state index is 11.7. The quantitative estimate of drug-likeness (QED) is 0.617. The minimum absolute atomic E-state index is 0.0370. The third-order valence-electron chi connectivity index (χ3n) is 2.47. The van der Waals surface area contributed by atoms with Crippen molar-refractivity contribution in [3.8, 4) is 0 Å². The molecule has 1 heterocycles. The van der Waals surface area contributed by atoms with Gasteiger partial charge in [-0.15, -0.1) is 11.6 Å². The van der Waals surface area contributed by atoms with Crippen molar-refractivity contribution in [1.82, 2.24) is 9.80 Å². The van der Waals surface area contributed by atoms with E-state index < -0.39 is 0 Å². The lowest BCUT2D eigenvalue weighted by atomic mass is 10.1. The first kappa shape index (κ1) is 10.8. The van der Waals surface area contributed by atoms with Gasteiger partial charge >= 0.3 is 0 Å². The molecular weight excluding hydrogens is 188 g/mol. The van der Waals surface area contributed by atoms with Gasteiger partial charge in [0.15, 0.2) is 0 Å². The van der Waals surface area contributed by atoms with E-state index in [2.05, 4.69) is 11.9 Å². The summed E-state index contributed by atoms with van der Waals surface area (Å²) in [5, 5.41) is 0. The second-order valence-corrected chi connectivity index (χ2v) is 3.99. The zero-order valence-corrected chi connectivity index (χ0v) is 9.05. The molecule has 1 saturated heterocycles. The van der Waals surface area contributed by atoms with Gasteiger partial charge in [-0.25, -0.2) is 0 Å². The van der Waals surface area contributed by atoms with Crippen LogP contribution in [0.25, 0.3) is 0 Å². The zero-order valence-electron chi connectivity index (χ0n) is 8.29. The third-order valence-corrected chi connectivity index (χ3v) is 2.93. The van der Waals surface area contributed by atoms with Gasteiger partial charge < -0.3 is 9.80 Å². The second-order valence-electron chi connectivity index (χ2n) is 3.68. The molecule has 1 rings (SSSR count). The number of rotatable bonds is 2. The molecule has 0 N–H and O–H groups in total. The molecule has 0 aliphatic carbocycles. The van der Waals surface area contributed by atoms with E-state index in [1.54, 1.807) is 0 Å². The van der Waals surface area contributed by atoms with Crippen LogP contribution in [0.4, 0.5) is 0 Å². The Morgan fingerprint density at radius 2 is 1.92 bits per heavy atom. The maximum absolute atomic E-state index is 11.7. The van der Waals surface area contributed by atoms with Gasteiger partial charge in [-0.1, -0.05) is 6.92 Å². The van der Waals surface area contributed by atoms with E-state index in [1.165, 1.54) is 0 Å². The Morgan fingerprint density at radius 3 is 2.38 bits per heavy atom. The Balaban J connectivity index is 2.40. The Kier molecular flexibility index (Phi) is 4.00. The van der Waals surface area contributed by atoms with E-state index in [0.29, 0.717) is 5.88 Å². The average Bonchev–Trinajstić information content (AvgIpc) is 2.17. The molecule has 0 spiro atoms. The fraction of sp³-hybridized carbons (Fsp3) is 0.889. The highest BCUT2D eigenvalue weighted by Gasteiger charge is 2.22. The average molecular weight is 205 g/mol. The smallest absolute Gasteiger partial charge is 0.226 e. The topological polar surface area (TPSA) is 23.6 Å². The van der Waals surface area contributed by atoms with Crippen molar-refractivity contribution in [2.75, 3.05) is 39.1 Å².